The third kappa shape index (κ3) is 4.03. The number of nitrogens with zero attached hydrogens (tertiary/aromatic N) is 6. The van der Waals surface area contributed by atoms with E-state index >= 15 is 0 Å². The topological polar surface area (TPSA) is 102 Å². The molecule has 0 saturated heterocycles. The van der Waals surface area contributed by atoms with Crippen LogP contribution in [0.5, 0.6) is 0 Å². The van der Waals surface area contributed by atoms with Crippen LogP contribution in [0.3, 0.4) is 0 Å². The Bertz CT molecular complexity index is 1130. The van der Waals surface area contributed by atoms with Crippen LogP contribution in [0.15, 0.2) is 48.5 Å². The first kappa shape index (κ1) is 19.6. The first-order valence-corrected chi connectivity index (χ1v) is 10.1. The monoisotopic (exact) mass is 401 g/mol. The quantitative estimate of drug-likeness (QED) is 0.452. The third-order valence-electron chi connectivity index (χ3n) is 4.89. The number of carbonyl (C=O) groups excluding carboxylic acids is 1. The molecule has 0 fully saturated rings. The lowest BCUT2D eigenvalue weighted by Gasteiger charge is -2.08. The van der Waals surface area contributed by atoms with Gasteiger partial charge in [-0.05, 0) is 28.3 Å². The van der Waals surface area contributed by atoms with E-state index in [1.807, 2.05) is 35.9 Å². The van der Waals surface area contributed by atoms with Gasteiger partial charge in [0.25, 0.3) is 0 Å². The second kappa shape index (κ2) is 8.77. The van der Waals surface area contributed by atoms with E-state index in [1.54, 1.807) is 0 Å². The molecule has 0 saturated carbocycles. The van der Waals surface area contributed by atoms with Crippen LogP contribution in [0.4, 0.5) is 0 Å². The number of carbonyl (C=O) groups is 1. The summed E-state index contributed by atoms with van der Waals surface area (Å²) < 4.78 is 1.85. The van der Waals surface area contributed by atoms with E-state index in [9.17, 15) is 4.79 Å². The minimum atomic E-state index is -0.0282. The summed E-state index contributed by atoms with van der Waals surface area (Å²) in [6, 6.07) is 16.3. The number of hydrogen-bond donors (Lipinski definition) is 1. The first-order chi connectivity index (χ1) is 14.7. The van der Waals surface area contributed by atoms with Crippen LogP contribution >= 0.6 is 0 Å². The molecule has 4 rings (SSSR count). The van der Waals surface area contributed by atoms with Crippen LogP contribution in [0.25, 0.3) is 22.5 Å². The van der Waals surface area contributed by atoms with Crippen molar-refractivity contribution in [2.75, 3.05) is 0 Å². The molecule has 0 amide bonds. The molecule has 2 aromatic carbocycles. The Hall–Kier alpha value is -3.68. The van der Waals surface area contributed by atoms with Gasteiger partial charge in [0.05, 0.1) is 0 Å². The van der Waals surface area contributed by atoms with Crippen molar-refractivity contribution in [1.82, 2.24) is 35.4 Å². The number of rotatable bonds is 8. The summed E-state index contributed by atoms with van der Waals surface area (Å²) in [5.41, 5.74) is 4.13. The first-order valence-electron chi connectivity index (χ1n) is 10.1. The van der Waals surface area contributed by atoms with Gasteiger partial charge < -0.3 is 0 Å². The fourth-order valence-electron chi connectivity index (χ4n) is 3.36. The van der Waals surface area contributed by atoms with Crippen molar-refractivity contribution in [3.63, 3.8) is 0 Å². The van der Waals surface area contributed by atoms with Crippen molar-refractivity contribution >= 4 is 5.78 Å². The number of H-pyrrole nitrogens is 1. The smallest absolute Gasteiger partial charge is 0.217 e. The summed E-state index contributed by atoms with van der Waals surface area (Å²) in [7, 11) is 0. The van der Waals surface area contributed by atoms with Gasteiger partial charge in [0, 0.05) is 24.9 Å². The SMILES string of the molecule is CCCn1nc(C(=O)CC)nc1Cc1ccc(-c2ccccc2-c2nn[nH]n2)cc1. The number of aryl methyl sites for hydroxylation is 1. The van der Waals surface area contributed by atoms with Crippen molar-refractivity contribution in [3.05, 3.63) is 65.7 Å². The van der Waals surface area contributed by atoms with E-state index < -0.39 is 0 Å². The van der Waals surface area contributed by atoms with Crippen LogP contribution in [-0.4, -0.2) is 41.2 Å². The largest absolute Gasteiger partial charge is 0.291 e. The van der Waals surface area contributed by atoms with Crippen LogP contribution in [0.2, 0.25) is 0 Å². The van der Waals surface area contributed by atoms with Gasteiger partial charge in [-0.3, -0.25) is 4.79 Å². The summed E-state index contributed by atoms with van der Waals surface area (Å²) >= 11 is 0. The lowest BCUT2D eigenvalue weighted by molar-refractivity contribution is 0.0978. The Morgan fingerprint density at radius 3 is 2.47 bits per heavy atom. The van der Waals surface area contributed by atoms with Gasteiger partial charge in [0.1, 0.15) is 5.82 Å². The van der Waals surface area contributed by atoms with E-state index in [0.29, 0.717) is 24.5 Å². The Morgan fingerprint density at radius 2 is 1.80 bits per heavy atom. The van der Waals surface area contributed by atoms with Gasteiger partial charge in [-0.15, -0.1) is 15.3 Å². The number of ketones is 1. The maximum atomic E-state index is 12.0. The minimum absolute atomic E-state index is 0.0282. The van der Waals surface area contributed by atoms with E-state index in [0.717, 1.165) is 41.0 Å². The summed E-state index contributed by atoms with van der Waals surface area (Å²) in [6.07, 6.45) is 1.96. The number of nitrogens with one attached hydrogen (secondary N) is 1. The fourth-order valence-corrected chi connectivity index (χ4v) is 3.36. The summed E-state index contributed by atoms with van der Waals surface area (Å²) in [5, 5.41) is 18.8. The highest BCUT2D eigenvalue weighted by atomic mass is 16.1. The van der Waals surface area contributed by atoms with E-state index in [4.69, 9.17) is 0 Å². The number of benzene rings is 2. The molecule has 0 aliphatic rings. The van der Waals surface area contributed by atoms with Gasteiger partial charge >= 0.3 is 0 Å². The standard InChI is InChI=1S/C22H23N7O/c1-3-13-29-20(23-22(26-29)19(30)4-2)14-15-9-11-16(12-10-15)17-7-5-6-8-18(17)21-24-27-28-25-21/h5-12H,3-4,13-14H2,1-2H3,(H,24,25,27,28). The van der Waals surface area contributed by atoms with Gasteiger partial charge in [-0.2, -0.15) is 5.21 Å². The summed E-state index contributed by atoms with van der Waals surface area (Å²) in [5.74, 6) is 1.66. The van der Waals surface area contributed by atoms with Crippen molar-refractivity contribution in [1.29, 1.82) is 0 Å². The van der Waals surface area contributed by atoms with Gasteiger partial charge in [-0.1, -0.05) is 62.4 Å². The molecule has 8 heteroatoms. The Labute approximate surface area is 174 Å². The average molecular weight is 401 g/mol. The molecule has 4 aromatic rings. The maximum Gasteiger partial charge on any atom is 0.217 e. The Morgan fingerprint density at radius 1 is 1.03 bits per heavy atom. The van der Waals surface area contributed by atoms with Gasteiger partial charge in [0.15, 0.2) is 0 Å². The molecular weight excluding hydrogens is 378 g/mol. The molecular formula is C22H23N7O. The molecule has 0 aliphatic heterocycles. The number of aromatic amines is 1. The van der Waals surface area contributed by atoms with Crippen molar-refractivity contribution < 1.29 is 4.79 Å². The summed E-state index contributed by atoms with van der Waals surface area (Å²) in [4.78, 5) is 16.5. The lowest BCUT2D eigenvalue weighted by Crippen LogP contribution is -2.06. The Kier molecular flexibility index (Phi) is 5.74. The van der Waals surface area contributed by atoms with E-state index in [1.165, 1.54) is 0 Å². The molecule has 1 N–H and O–H groups in total. The molecule has 0 spiro atoms. The number of aromatic nitrogens is 7. The lowest BCUT2D eigenvalue weighted by atomic mass is 9.98. The summed E-state index contributed by atoms with van der Waals surface area (Å²) in [6.45, 7) is 4.66. The molecule has 152 valence electrons. The molecule has 2 aromatic heterocycles. The predicted octanol–water partition coefficient (Wildman–Crippen LogP) is 3.72. The van der Waals surface area contributed by atoms with Crippen LogP contribution in [0, 0.1) is 0 Å². The molecule has 8 nitrogen and oxygen atoms in total. The molecule has 30 heavy (non-hydrogen) atoms. The zero-order chi connectivity index (χ0) is 20.9. The zero-order valence-electron chi connectivity index (χ0n) is 17.0. The molecule has 0 atom stereocenters. The van der Waals surface area contributed by atoms with Crippen molar-refractivity contribution in [3.8, 4) is 22.5 Å². The molecule has 2 heterocycles. The molecule has 0 radical (unpaired) electrons. The fraction of sp³-hybridized carbons (Fsp3) is 0.273. The molecule has 0 aliphatic carbocycles. The van der Waals surface area contributed by atoms with Crippen LogP contribution < -0.4 is 0 Å². The van der Waals surface area contributed by atoms with E-state index in [2.05, 4.69) is 61.9 Å². The van der Waals surface area contributed by atoms with Gasteiger partial charge in [0.2, 0.25) is 17.4 Å². The third-order valence-corrected chi connectivity index (χ3v) is 4.89. The van der Waals surface area contributed by atoms with Gasteiger partial charge in [-0.25, -0.2) is 9.67 Å². The molecule has 0 unspecified atom stereocenters. The van der Waals surface area contributed by atoms with Crippen LogP contribution in [-0.2, 0) is 13.0 Å². The minimum Gasteiger partial charge on any atom is -0.291 e. The zero-order valence-corrected chi connectivity index (χ0v) is 17.0. The predicted molar refractivity (Wildman–Crippen MR) is 113 cm³/mol. The second-order valence-electron chi connectivity index (χ2n) is 7.01. The molecule has 0 bridgehead atoms. The van der Waals surface area contributed by atoms with Crippen molar-refractivity contribution in [2.24, 2.45) is 0 Å². The number of Topliss-reactive ketones (excluding diaryl/α,β-unsaturated/α-hetero) is 1. The normalized spacial score (nSPS) is 11.0. The number of tetrazole rings is 1. The van der Waals surface area contributed by atoms with E-state index in [-0.39, 0.29) is 5.78 Å². The highest BCUT2D eigenvalue weighted by molar-refractivity contribution is 5.92. The second-order valence-corrected chi connectivity index (χ2v) is 7.01. The maximum absolute atomic E-state index is 12.0. The highest BCUT2D eigenvalue weighted by Crippen LogP contribution is 2.29. The Balaban J connectivity index is 1.60. The number of hydrogen-bond acceptors (Lipinski definition) is 6. The van der Waals surface area contributed by atoms with Crippen LogP contribution in [0.1, 0.15) is 48.7 Å². The highest BCUT2D eigenvalue weighted by Gasteiger charge is 2.15. The average Bonchev–Trinajstić information content (AvgIpc) is 3.45. The van der Waals surface area contributed by atoms with Crippen molar-refractivity contribution in [2.45, 2.75) is 39.7 Å².